The van der Waals surface area contributed by atoms with Gasteiger partial charge in [0.1, 0.15) is 0 Å². The van der Waals surface area contributed by atoms with E-state index in [2.05, 4.69) is 15.9 Å². The van der Waals surface area contributed by atoms with Crippen LogP contribution in [0.15, 0.2) is 40.6 Å². The van der Waals surface area contributed by atoms with Crippen LogP contribution in [-0.2, 0) is 4.74 Å². The first-order chi connectivity index (χ1) is 7.13. The molecule has 80 valence electrons. The molecule has 0 aliphatic rings. The molecule has 1 N–H and O–H groups in total. The standard InChI is InChI=1S/C12H14BrNO/c1-3-4-9(2)15-12(14)10-5-7-11(13)8-6-10/h4-8,14H,3H2,1-2H3/b9-4+,14-12?. The largest absolute Gasteiger partial charge is 0.444 e. The lowest BCUT2D eigenvalue weighted by Crippen LogP contribution is -2.03. The van der Waals surface area contributed by atoms with E-state index in [0.717, 1.165) is 22.2 Å². The van der Waals surface area contributed by atoms with E-state index >= 15 is 0 Å². The Kier molecular flexibility index (Phi) is 4.56. The molecule has 0 saturated heterocycles. The molecule has 0 heterocycles. The average molecular weight is 268 g/mol. The van der Waals surface area contributed by atoms with Gasteiger partial charge in [-0.15, -0.1) is 0 Å². The molecule has 0 radical (unpaired) electrons. The van der Waals surface area contributed by atoms with Crippen molar-refractivity contribution in [2.24, 2.45) is 0 Å². The number of allylic oxidation sites excluding steroid dienone is 2. The van der Waals surface area contributed by atoms with Crippen LogP contribution in [0.4, 0.5) is 0 Å². The summed E-state index contributed by atoms with van der Waals surface area (Å²) in [6, 6.07) is 7.50. The summed E-state index contributed by atoms with van der Waals surface area (Å²) in [6.45, 7) is 3.90. The fourth-order valence-electron chi connectivity index (χ4n) is 1.15. The average Bonchev–Trinajstić information content (AvgIpc) is 2.18. The zero-order chi connectivity index (χ0) is 11.3. The number of nitrogens with one attached hydrogen (secondary N) is 1. The maximum Gasteiger partial charge on any atom is 0.218 e. The van der Waals surface area contributed by atoms with Crippen LogP contribution in [0.2, 0.25) is 0 Å². The van der Waals surface area contributed by atoms with Gasteiger partial charge in [-0.2, -0.15) is 0 Å². The Labute approximate surface area is 98.6 Å². The molecule has 3 heteroatoms. The lowest BCUT2D eigenvalue weighted by atomic mass is 10.2. The molecule has 1 aromatic rings. The van der Waals surface area contributed by atoms with Crippen molar-refractivity contribution in [1.82, 2.24) is 0 Å². The van der Waals surface area contributed by atoms with E-state index in [0.29, 0.717) is 0 Å². The summed E-state index contributed by atoms with van der Waals surface area (Å²) in [5.74, 6) is 0.954. The van der Waals surface area contributed by atoms with E-state index in [1.165, 1.54) is 0 Å². The molecule has 0 amide bonds. The molecule has 2 nitrogen and oxygen atoms in total. The minimum absolute atomic E-state index is 0.185. The third kappa shape index (κ3) is 3.88. The number of hydrogen-bond donors (Lipinski definition) is 1. The van der Waals surface area contributed by atoms with E-state index in [-0.39, 0.29) is 5.90 Å². The number of halogens is 1. The predicted octanol–water partition coefficient (Wildman–Crippen LogP) is 4.10. The molecule has 0 bridgehead atoms. The number of ether oxygens (including phenoxy) is 1. The quantitative estimate of drug-likeness (QED) is 0.499. The lowest BCUT2D eigenvalue weighted by molar-refractivity contribution is 0.412. The summed E-state index contributed by atoms with van der Waals surface area (Å²) in [7, 11) is 0. The van der Waals surface area contributed by atoms with Gasteiger partial charge in [0.2, 0.25) is 5.90 Å². The molecule has 1 rings (SSSR count). The van der Waals surface area contributed by atoms with Gasteiger partial charge >= 0.3 is 0 Å². The normalized spacial score (nSPS) is 11.3. The van der Waals surface area contributed by atoms with Crippen LogP contribution in [0.5, 0.6) is 0 Å². The summed E-state index contributed by atoms with van der Waals surface area (Å²) in [5.41, 5.74) is 0.780. The molecular formula is C12H14BrNO. The third-order valence-electron chi connectivity index (χ3n) is 1.86. The predicted molar refractivity (Wildman–Crippen MR) is 66.1 cm³/mol. The molecule has 0 fully saturated rings. The smallest absolute Gasteiger partial charge is 0.218 e. The van der Waals surface area contributed by atoms with E-state index < -0.39 is 0 Å². The van der Waals surface area contributed by atoms with Crippen LogP contribution in [-0.4, -0.2) is 5.90 Å². The Balaban J connectivity index is 2.69. The van der Waals surface area contributed by atoms with Crippen LogP contribution in [0.3, 0.4) is 0 Å². The fourth-order valence-corrected chi connectivity index (χ4v) is 1.41. The van der Waals surface area contributed by atoms with Crippen molar-refractivity contribution in [1.29, 1.82) is 5.41 Å². The SMILES string of the molecule is CC/C=C(\C)OC(=N)c1ccc(Br)cc1. The van der Waals surface area contributed by atoms with Gasteiger partial charge in [-0.1, -0.05) is 22.9 Å². The lowest BCUT2D eigenvalue weighted by Gasteiger charge is -2.06. The third-order valence-corrected chi connectivity index (χ3v) is 2.39. The van der Waals surface area contributed by atoms with Gasteiger partial charge in [-0.05, 0) is 43.7 Å². The van der Waals surface area contributed by atoms with Crippen LogP contribution in [0.1, 0.15) is 25.8 Å². The Bertz CT molecular complexity index is 368. The highest BCUT2D eigenvalue weighted by Crippen LogP contribution is 2.12. The highest BCUT2D eigenvalue weighted by molar-refractivity contribution is 9.10. The molecule has 0 unspecified atom stereocenters. The second-order valence-electron chi connectivity index (χ2n) is 3.16. The van der Waals surface area contributed by atoms with Gasteiger partial charge in [0, 0.05) is 10.0 Å². The minimum atomic E-state index is 0.185. The highest BCUT2D eigenvalue weighted by atomic mass is 79.9. The first-order valence-electron chi connectivity index (χ1n) is 4.82. The zero-order valence-corrected chi connectivity index (χ0v) is 10.5. The van der Waals surface area contributed by atoms with Crippen molar-refractivity contribution in [2.75, 3.05) is 0 Å². The van der Waals surface area contributed by atoms with Crippen molar-refractivity contribution in [3.63, 3.8) is 0 Å². The van der Waals surface area contributed by atoms with Gasteiger partial charge in [-0.3, -0.25) is 5.41 Å². The first kappa shape index (κ1) is 12.0. The molecule has 15 heavy (non-hydrogen) atoms. The molecule has 1 aromatic carbocycles. The summed E-state index contributed by atoms with van der Waals surface area (Å²) >= 11 is 3.35. The summed E-state index contributed by atoms with van der Waals surface area (Å²) in [6.07, 6.45) is 2.87. The summed E-state index contributed by atoms with van der Waals surface area (Å²) in [5, 5.41) is 7.73. The topological polar surface area (TPSA) is 33.1 Å². The fraction of sp³-hybridized carbons (Fsp3) is 0.250. The van der Waals surface area contributed by atoms with Crippen molar-refractivity contribution in [2.45, 2.75) is 20.3 Å². The minimum Gasteiger partial charge on any atom is -0.444 e. The van der Waals surface area contributed by atoms with E-state index in [4.69, 9.17) is 10.1 Å². The molecule has 0 aliphatic carbocycles. The summed E-state index contributed by atoms with van der Waals surface area (Å²) < 4.78 is 6.35. The Hall–Kier alpha value is -1.09. The Morgan fingerprint density at radius 1 is 1.40 bits per heavy atom. The molecule has 0 atom stereocenters. The second kappa shape index (κ2) is 5.71. The molecule has 0 aromatic heterocycles. The maximum atomic E-state index is 7.73. The van der Waals surface area contributed by atoms with Gasteiger partial charge in [0.25, 0.3) is 0 Å². The monoisotopic (exact) mass is 267 g/mol. The van der Waals surface area contributed by atoms with Gasteiger partial charge in [0.05, 0.1) is 5.76 Å². The van der Waals surface area contributed by atoms with E-state index in [1.54, 1.807) is 0 Å². The number of benzene rings is 1. The van der Waals surface area contributed by atoms with Crippen LogP contribution < -0.4 is 0 Å². The Morgan fingerprint density at radius 3 is 2.53 bits per heavy atom. The van der Waals surface area contributed by atoms with Crippen molar-refractivity contribution in [3.8, 4) is 0 Å². The molecule has 0 spiro atoms. The van der Waals surface area contributed by atoms with Crippen molar-refractivity contribution in [3.05, 3.63) is 46.1 Å². The summed E-state index contributed by atoms with van der Waals surface area (Å²) in [4.78, 5) is 0. The first-order valence-corrected chi connectivity index (χ1v) is 5.62. The number of rotatable bonds is 3. The van der Waals surface area contributed by atoms with Crippen molar-refractivity contribution >= 4 is 21.8 Å². The van der Waals surface area contributed by atoms with E-state index in [9.17, 15) is 0 Å². The van der Waals surface area contributed by atoms with Crippen LogP contribution in [0, 0.1) is 5.41 Å². The van der Waals surface area contributed by atoms with Gasteiger partial charge < -0.3 is 4.74 Å². The van der Waals surface area contributed by atoms with Crippen molar-refractivity contribution < 1.29 is 4.74 Å². The molecular weight excluding hydrogens is 254 g/mol. The number of hydrogen-bond acceptors (Lipinski definition) is 2. The van der Waals surface area contributed by atoms with Gasteiger partial charge in [-0.25, -0.2) is 0 Å². The van der Waals surface area contributed by atoms with E-state index in [1.807, 2.05) is 44.2 Å². The highest BCUT2D eigenvalue weighted by Gasteiger charge is 2.02. The molecule has 0 saturated carbocycles. The van der Waals surface area contributed by atoms with Crippen LogP contribution in [0.25, 0.3) is 0 Å². The second-order valence-corrected chi connectivity index (χ2v) is 4.08. The van der Waals surface area contributed by atoms with Gasteiger partial charge in [0.15, 0.2) is 0 Å². The molecule has 0 aliphatic heterocycles. The zero-order valence-electron chi connectivity index (χ0n) is 8.88. The Morgan fingerprint density at radius 2 is 2.00 bits per heavy atom. The van der Waals surface area contributed by atoms with Crippen LogP contribution >= 0.6 is 15.9 Å². The maximum absolute atomic E-state index is 7.73.